The predicted octanol–water partition coefficient (Wildman–Crippen LogP) is 2.26. The van der Waals surface area contributed by atoms with E-state index < -0.39 is 0 Å². The van der Waals surface area contributed by atoms with Gasteiger partial charge in [-0.25, -0.2) is 4.98 Å². The molecule has 1 aromatic carbocycles. The van der Waals surface area contributed by atoms with E-state index in [1.54, 1.807) is 6.20 Å². The number of hydrogen-bond acceptors (Lipinski definition) is 2. The number of halogens is 1. The van der Waals surface area contributed by atoms with Crippen molar-refractivity contribution in [3.63, 3.8) is 0 Å². The lowest BCUT2D eigenvalue weighted by atomic mass is 10.0. The maximum atomic E-state index is 6.12. The number of nitrogens with one attached hydrogen (secondary N) is 1. The molecule has 0 radical (unpaired) electrons. The van der Waals surface area contributed by atoms with Gasteiger partial charge in [0.2, 0.25) is 0 Å². The Labute approximate surface area is 102 Å². The van der Waals surface area contributed by atoms with Crippen LogP contribution < -0.4 is 5.73 Å². The van der Waals surface area contributed by atoms with Gasteiger partial charge in [-0.3, -0.25) is 0 Å². The van der Waals surface area contributed by atoms with Crippen molar-refractivity contribution < 1.29 is 0 Å². The molecule has 1 atom stereocenters. The molecule has 0 aliphatic heterocycles. The first-order chi connectivity index (χ1) is 7.27. The Morgan fingerprint density at radius 3 is 2.87 bits per heavy atom. The molecule has 1 heterocycles. The minimum absolute atomic E-state index is 0.00394. The Balaban J connectivity index is 2.15. The number of hydrogen-bond donors (Lipinski definition) is 2. The van der Waals surface area contributed by atoms with Gasteiger partial charge in [-0.15, -0.1) is 0 Å². The van der Waals surface area contributed by atoms with Crippen molar-refractivity contribution in [2.45, 2.75) is 12.5 Å². The van der Waals surface area contributed by atoms with Crippen LogP contribution in [0.2, 0.25) is 0 Å². The molecular formula is C11H12IN3. The van der Waals surface area contributed by atoms with Gasteiger partial charge in [0.05, 0.1) is 0 Å². The zero-order valence-electron chi connectivity index (χ0n) is 8.15. The molecule has 15 heavy (non-hydrogen) atoms. The van der Waals surface area contributed by atoms with Gasteiger partial charge >= 0.3 is 0 Å². The first-order valence-electron chi connectivity index (χ1n) is 4.75. The standard InChI is InChI=1S/C11H12IN3/c12-9-4-2-1-3-8(9)10(13)7-11-14-5-6-15-11/h1-6,10H,7,13H2,(H,14,15). The van der Waals surface area contributed by atoms with E-state index in [1.807, 2.05) is 18.3 Å². The minimum atomic E-state index is 0.00394. The minimum Gasteiger partial charge on any atom is -0.349 e. The highest BCUT2D eigenvalue weighted by Gasteiger charge is 2.10. The molecule has 1 aromatic heterocycles. The zero-order valence-corrected chi connectivity index (χ0v) is 10.3. The van der Waals surface area contributed by atoms with Gasteiger partial charge in [0.1, 0.15) is 5.82 Å². The third-order valence-electron chi connectivity index (χ3n) is 2.27. The Bertz CT molecular complexity index is 425. The monoisotopic (exact) mass is 313 g/mol. The average molecular weight is 313 g/mol. The molecule has 0 saturated heterocycles. The van der Waals surface area contributed by atoms with Crippen LogP contribution in [0, 0.1) is 3.57 Å². The summed E-state index contributed by atoms with van der Waals surface area (Å²) in [6.07, 6.45) is 4.31. The summed E-state index contributed by atoms with van der Waals surface area (Å²) in [5, 5.41) is 0. The first kappa shape index (κ1) is 10.6. The van der Waals surface area contributed by atoms with E-state index in [0.29, 0.717) is 0 Å². The SMILES string of the molecule is NC(Cc1ncc[nH]1)c1ccccc1I. The number of aromatic nitrogens is 2. The van der Waals surface area contributed by atoms with Crippen LogP contribution in [0.5, 0.6) is 0 Å². The van der Waals surface area contributed by atoms with Crippen LogP contribution in [0.15, 0.2) is 36.7 Å². The fraction of sp³-hybridized carbons (Fsp3) is 0.182. The number of rotatable bonds is 3. The lowest BCUT2D eigenvalue weighted by Crippen LogP contribution is -2.15. The fourth-order valence-electron chi connectivity index (χ4n) is 1.50. The summed E-state index contributed by atoms with van der Waals surface area (Å²) in [4.78, 5) is 7.24. The molecule has 0 aliphatic carbocycles. The summed E-state index contributed by atoms with van der Waals surface area (Å²) in [7, 11) is 0. The van der Waals surface area contributed by atoms with Crippen LogP contribution in [0.1, 0.15) is 17.4 Å². The molecule has 0 bridgehead atoms. The highest BCUT2D eigenvalue weighted by atomic mass is 127. The van der Waals surface area contributed by atoms with Crippen molar-refractivity contribution in [1.29, 1.82) is 0 Å². The molecule has 3 nitrogen and oxygen atoms in total. The summed E-state index contributed by atoms with van der Waals surface area (Å²) in [6, 6.07) is 8.17. The lowest BCUT2D eigenvalue weighted by Gasteiger charge is -2.12. The van der Waals surface area contributed by atoms with E-state index in [4.69, 9.17) is 5.73 Å². The van der Waals surface area contributed by atoms with E-state index in [1.165, 1.54) is 9.13 Å². The van der Waals surface area contributed by atoms with E-state index in [0.717, 1.165) is 12.2 Å². The van der Waals surface area contributed by atoms with Crippen LogP contribution in [0.4, 0.5) is 0 Å². The number of H-pyrrole nitrogens is 1. The Hall–Kier alpha value is -0.880. The lowest BCUT2D eigenvalue weighted by molar-refractivity contribution is 0.691. The zero-order chi connectivity index (χ0) is 10.7. The molecule has 0 amide bonds. The Morgan fingerprint density at radius 2 is 2.20 bits per heavy atom. The van der Waals surface area contributed by atoms with Gasteiger partial charge in [0.15, 0.2) is 0 Å². The van der Waals surface area contributed by atoms with Crippen LogP contribution in [-0.4, -0.2) is 9.97 Å². The summed E-state index contributed by atoms with van der Waals surface area (Å²) in [6.45, 7) is 0. The summed E-state index contributed by atoms with van der Waals surface area (Å²) < 4.78 is 1.20. The Morgan fingerprint density at radius 1 is 1.40 bits per heavy atom. The molecule has 1 unspecified atom stereocenters. The van der Waals surface area contributed by atoms with Crippen molar-refractivity contribution >= 4 is 22.6 Å². The predicted molar refractivity (Wildman–Crippen MR) is 68.4 cm³/mol. The molecule has 0 saturated carbocycles. The van der Waals surface area contributed by atoms with E-state index >= 15 is 0 Å². The Kier molecular flexibility index (Phi) is 3.37. The van der Waals surface area contributed by atoms with Crippen molar-refractivity contribution in [1.82, 2.24) is 9.97 Å². The van der Waals surface area contributed by atoms with Crippen molar-refractivity contribution in [3.8, 4) is 0 Å². The molecule has 4 heteroatoms. The fourth-order valence-corrected chi connectivity index (χ4v) is 2.29. The molecular weight excluding hydrogens is 301 g/mol. The van der Waals surface area contributed by atoms with Crippen LogP contribution in [0.25, 0.3) is 0 Å². The highest BCUT2D eigenvalue weighted by Crippen LogP contribution is 2.20. The number of nitrogens with zero attached hydrogens (tertiary/aromatic N) is 1. The average Bonchev–Trinajstić information content (AvgIpc) is 2.71. The van der Waals surface area contributed by atoms with Crippen molar-refractivity contribution in [2.75, 3.05) is 0 Å². The smallest absolute Gasteiger partial charge is 0.107 e. The van der Waals surface area contributed by atoms with Crippen LogP contribution >= 0.6 is 22.6 Å². The molecule has 2 aromatic rings. The largest absolute Gasteiger partial charge is 0.349 e. The number of benzene rings is 1. The number of nitrogens with two attached hydrogens (primary N) is 1. The van der Waals surface area contributed by atoms with Gasteiger partial charge in [-0.05, 0) is 34.2 Å². The van der Waals surface area contributed by atoms with E-state index in [9.17, 15) is 0 Å². The maximum absolute atomic E-state index is 6.12. The summed E-state index contributed by atoms with van der Waals surface area (Å²) in [5.74, 6) is 0.933. The van der Waals surface area contributed by atoms with Crippen LogP contribution in [0.3, 0.4) is 0 Å². The van der Waals surface area contributed by atoms with Gasteiger partial charge in [0.25, 0.3) is 0 Å². The summed E-state index contributed by atoms with van der Waals surface area (Å²) >= 11 is 2.31. The number of aromatic amines is 1. The first-order valence-corrected chi connectivity index (χ1v) is 5.83. The summed E-state index contributed by atoms with van der Waals surface area (Å²) in [5.41, 5.74) is 7.30. The molecule has 0 fully saturated rings. The van der Waals surface area contributed by atoms with E-state index in [2.05, 4.69) is 44.7 Å². The van der Waals surface area contributed by atoms with Crippen molar-refractivity contribution in [3.05, 3.63) is 51.6 Å². The molecule has 2 rings (SSSR count). The normalized spacial score (nSPS) is 12.7. The second kappa shape index (κ2) is 4.76. The van der Waals surface area contributed by atoms with Crippen molar-refractivity contribution in [2.24, 2.45) is 5.73 Å². The molecule has 78 valence electrons. The third-order valence-corrected chi connectivity index (χ3v) is 3.26. The van der Waals surface area contributed by atoms with Crippen LogP contribution in [-0.2, 0) is 6.42 Å². The highest BCUT2D eigenvalue weighted by molar-refractivity contribution is 14.1. The van der Waals surface area contributed by atoms with E-state index in [-0.39, 0.29) is 6.04 Å². The quantitative estimate of drug-likeness (QED) is 0.854. The maximum Gasteiger partial charge on any atom is 0.107 e. The molecule has 0 spiro atoms. The topological polar surface area (TPSA) is 54.7 Å². The number of imidazole rings is 1. The second-order valence-electron chi connectivity index (χ2n) is 3.37. The second-order valence-corrected chi connectivity index (χ2v) is 4.53. The molecule has 3 N–H and O–H groups in total. The molecule has 0 aliphatic rings. The van der Waals surface area contributed by atoms with Gasteiger partial charge in [-0.2, -0.15) is 0 Å². The van der Waals surface area contributed by atoms with Gasteiger partial charge < -0.3 is 10.7 Å². The van der Waals surface area contributed by atoms with Gasteiger partial charge in [0, 0.05) is 28.4 Å². The van der Waals surface area contributed by atoms with Gasteiger partial charge in [-0.1, -0.05) is 18.2 Å². The third kappa shape index (κ3) is 2.57.